The molecule has 0 bridgehead atoms. The largest absolute Gasteiger partial charge is 0.466 e. The number of hydrogen-bond donors (Lipinski definition) is 3. The molecule has 6 heteroatoms. The quantitative estimate of drug-likeness (QED) is 0.0320. The number of aliphatic hydroxyl groups excluding tert-OH is 2. The Morgan fingerprint density at radius 1 is 0.380 bits per heavy atom. The molecule has 420 valence electrons. The highest BCUT2D eigenvalue weighted by atomic mass is 16.5. The van der Waals surface area contributed by atoms with E-state index in [0.717, 1.165) is 57.8 Å². The van der Waals surface area contributed by atoms with Gasteiger partial charge in [0.05, 0.1) is 25.4 Å². The van der Waals surface area contributed by atoms with Gasteiger partial charge in [-0.25, -0.2) is 0 Å². The summed E-state index contributed by atoms with van der Waals surface area (Å²) in [7, 11) is 0. The van der Waals surface area contributed by atoms with Crippen LogP contribution < -0.4 is 5.32 Å². The number of carbonyl (C=O) groups excluding carboxylic acids is 2. The summed E-state index contributed by atoms with van der Waals surface area (Å²) < 4.78 is 5.46. The van der Waals surface area contributed by atoms with E-state index in [1.54, 1.807) is 6.08 Å². The topological polar surface area (TPSA) is 95.9 Å². The predicted molar refractivity (Wildman–Crippen MR) is 310 cm³/mol. The summed E-state index contributed by atoms with van der Waals surface area (Å²) in [5, 5.41) is 23.2. The van der Waals surface area contributed by atoms with Crippen molar-refractivity contribution in [2.75, 3.05) is 13.2 Å². The molecule has 0 saturated carbocycles. The number of nitrogens with one attached hydrogen (secondary N) is 1. The number of rotatable bonds is 60. The Labute approximate surface area is 443 Å². The molecule has 0 saturated heterocycles. The van der Waals surface area contributed by atoms with Crippen molar-refractivity contribution in [2.24, 2.45) is 0 Å². The molecule has 71 heavy (non-hydrogen) atoms. The smallest absolute Gasteiger partial charge is 0.305 e. The average molecular weight is 1000 g/mol. The molecule has 0 aliphatic heterocycles. The van der Waals surface area contributed by atoms with Crippen molar-refractivity contribution in [3.05, 3.63) is 24.3 Å². The molecule has 2 atom stereocenters. The number of esters is 1. The third-order valence-electron chi connectivity index (χ3n) is 15.0. The molecule has 0 aromatic heterocycles. The van der Waals surface area contributed by atoms with Crippen molar-refractivity contribution in [1.29, 1.82) is 0 Å². The van der Waals surface area contributed by atoms with Crippen molar-refractivity contribution < 1.29 is 24.5 Å². The lowest BCUT2D eigenvalue weighted by atomic mass is 10.0. The molecular formula is C65H125NO5. The molecule has 0 radical (unpaired) electrons. The second-order valence-electron chi connectivity index (χ2n) is 22.1. The zero-order valence-electron chi connectivity index (χ0n) is 48.0. The lowest BCUT2D eigenvalue weighted by molar-refractivity contribution is -0.143. The Hall–Kier alpha value is -1.66. The monoisotopic (exact) mass is 1000 g/mol. The van der Waals surface area contributed by atoms with Crippen LogP contribution >= 0.6 is 0 Å². The summed E-state index contributed by atoms with van der Waals surface area (Å²) in [4.78, 5) is 24.5. The van der Waals surface area contributed by atoms with Crippen LogP contribution in [-0.4, -0.2) is 47.4 Å². The first-order valence-electron chi connectivity index (χ1n) is 32.1. The fraction of sp³-hybridized carbons (Fsp3) is 0.908. The molecule has 0 aliphatic carbocycles. The van der Waals surface area contributed by atoms with E-state index in [1.807, 2.05) is 6.08 Å². The summed E-state index contributed by atoms with van der Waals surface area (Å²) in [6.07, 6.45) is 75.1. The number of carbonyl (C=O) groups is 2. The van der Waals surface area contributed by atoms with Gasteiger partial charge >= 0.3 is 5.97 Å². The molecule has 0 aromatic rings. The third-order valence-corrected chi connectivity index (χ3v) is 15.0. The van der Waals surface area contributed by atoms with Crippen LogP contribution in [0.15, 0.2) is 24.3 Å². The van der Waals surface area contributed by atoms with E-state index in [0.29, 0.717) is 19.4 Å². The highest BCUT2D eigenvalue weighted by Crippen LogP contribution is 2.18. The zero-order valence-corrected chi connectivity index (χ0v) is 48.0. The minimum absolute atomic E-state index is 0.00136. The predicted octanol–water partition coefficient (Wildman–Crippen LogP) is 20.2. The maximum atomic E-state index is 12.5. The van der Waals surface area contributed by atoms with E-state index < -0.39 is 12.1 Å². The van der Waals surface area contributed by atoms with Crippen molar-refractivity contribution in [3.63, 3.8) is 0 Å². The van der Waals surface area contributed by atoms with Crippen LogP contribution in [0, 0.1) is 0 Å². The van der Waals surface area contributed by atoms with E-state index in [-0.39, 0.29) is 18.5 Å². The molecule has 0 spiro atoms. The summed E-state index contributed by atoms with van der Waals surface area (Å²) >= 11 is 0. The third kappa shape index (κ3) is 57.5. The molecule has 0 heterocycles. The van der Waals surface area contributed by atoms with E-state index in [1.165, 1.54) is 270 Å². The van der Waals surface area contributed by atoms with Gasteiger partial charge in [-0.15, -0.1) is 0 Å². The normalized spacial score (nSPS) is 12.7. The molecule has 1 amide bonds. The lowest BCUT2D eigenvalue weighted by Crippen LogP contribution is -2.45. The Morgan fingerprint density at radius 2 is 0.662 bits per heavy atom. The Bertz CT molecular complexity index is 1110. The molecule has 6 nitrogen and oxygen atoms in total. The van der Waals surface area contributed by atoms with Gasteiger partial charge in [-0.2, -0.15) is 0 Å². The van der Waals surface area contributed by atoms with Crippen LogP contribution in [0.3, 0.4) is 0 Å². The van der Waals surface area contributed by atoms with Crippen LogP contribution in [0.25, 0.3) is 0 Å². The fourth-order valence-electron chi connectivity index (χ4n) is 10.0. The number of hydrogen-bond acceptors (Lipinski definition) is 5. The number of ether oxygens (including phenoxy) is 1. The molecule has 0 aliphatic rings. The summed E-state index contributed by atoms with van der Waals surface area (Å²) in [6.45, 7) is 4.91. The first-order chi connectivity index (χ1) is 35.0. The first-order valence-corrected chi connectivity index (χ1v) is 32.1. The van der Waals surface area contributed by atoms with Crippen LogP contribution in [-0.2, 0) is 14.3 Å². The molecule has 3 N–H and O–H groups in total. The van der Waals surface area contributed by atoms with Crippen molar-refractivity contribution >= 4 is 11.9 Å². The molecule has 0 rings (SSSR count). The minimum Gasteiger partial charge on any atom is -0.466 e. The number of allylic oxidation sites excluding steroid dienone is 3. The SMILES string of the molecule is CCCCCCCCCCCCCCCCCCCCCCCCC/C=C/C(O)C(CO)NC(=O)CCCCCCCCC/C=C\CCCCCCCCOC(=O)CCCCCCCCCCCCCC. The standard InChI is InChI=1S/C65H125NO5/c1-3-5-7-9-11-13-15-17-18-19-20-21-22-23-24-25-26-28-31-34-37-41-45-49-53-57-63(68)62(61-67)66-64(69)58-54-50-46-42-38-35-32-29-27-30-33-36-40-44-48-52-56-60-71-65(70)59-55-51-47-43-39-16-14-12-10-8-6-4-2/h27,30,53,57,62-63,67-68H,3-26,28-29,31-52,54-56,58-61H2,1-2H3,(H,66,69)/b30-27-,57-53+. The molecular weight excluding hydrogens is 875 g/mol. The average Bonchev–Trinajstić information content (AvgIpc) is 3.37. The second-order valence-corrected chi connectivity index (χ2v) is 22.1. The van der Waals surface area contributed by atoms with Gasteiger partial charge in [0.1, 0.15) is 0 Å². The molecule has 0 aromatic carbocycles. The number of unbranched alkanes of at least 4 members (excludes halogenated alkanes) is 47. The Kier molecular flexibility index (Phi) is 59.5. The van der Waals surface area contributed by atoms with Crippen molar-refractivity contribution in [2.45, 2.75) is 366 Å². The van der Waals surface area contributed by atoms with E-state index in [2.05, 4.69) is 31.3 Å². The number of aliphatic hydroxyl groups is 2. The fourth-order valence-corrected chi connectivity index (χ4v) is 10.0. The van der Waals surface area contributed by atoms with Gasteiger partial charge in [-0.1, -0.05) is 308 Å². The zero-order chi connectivity index (χ0) is 51.4. The van der Waals surface area contributed by atoms with Gasteiger partial charge in [-0.05, 0) is 57.8 Å². The first kappa shape index (κ1) is 69.3. The highest BCUT2D eigenvalue weighted by molar-refractivity contribution is 5.76. The lowest BCUT2D eigenvalue weighted by Gasteiger charge is -2.20. The van der Waals surface area contributed by atoms with Crippen LogP contribution in [0.4, 0.5) is 0 Å². The van der Waals surface area contributed by atoms with E-state index in [9.17, 15) is 19.8 Å². The van der Waals surface area contributed by atoms with Gasteiger partial charge in [0.25, 0.3) is 0 Å². The number of amides is 1. The van der Waals surface area contributed by atoms with Gasteiger partial charge in [0, 0.05) is 12.8 Å². The summed E-state index contributed by atoms with van der Waals surface area (Å²) in [5.74, 6) is -0.0776. The van der Waals surface area contributed by atoms with E-state index >= 15 is 0 Å². The van der Waals surface area contributed by atoms with Crippen LogP contribution in [0.2, 0.25) is 0 Å². The van der Waals surface area contributed by atoms with Crippen molar-refractivity contribution in [3.8, 4) is 0 Å². The highest BCUT2D eigenvalue weighted by Gasteiger charge is 2.18. The Morgan fingerprint density at radius 3 is 1.00 bits per heavy atom. The summed E-state index contributed by atoms with van der Waals surface area (Å²) in [6, 6.07) is -0.638. The minimum atomic E-state index is -0.853. The molecule has 2 unspecified atom stereocenters. The summed E-state index contributed by atoms with van der Waals surface area (Å²) in [5.41, 5.74) is 0. The van der Waals surface area contributed by atoms with Crippen LogP contribution in [0.5, 0.6) is 0 Å². The maximum absolute atomic E-state index is 12.5. The Balaban J connectivity index is 3.48. The van der Waals surface area contributed by atoms with Gasteiger partial charge < -0.3 is 20.3 Å². The van der Waals surface area contributed by atoms with Gasteiger partial charge in [0.15, 0.2) is 0 Å². The van der Waals surface area contributed by atoms with Crippen LogP contribution in [0.1, 0.15) is 354 Å². The van der Waals surface area contributed by atoms with Crippen molar-refractivity contribution in [1.82, 2.24) is 5.32 Å². The van der Waals surface area contributed by atoms with Gasteiger partial charge in [-0.3, -0.25) is 9.59 Å². The van der Waals surface area contributed by atoms with E-state index in [4.69, 9.17) is 4.74 Å². The maximum Gasteiger partial charge on any atom is 0.305 e. The molecule has 0 fully saturated rings. The second kappa shape index (κ2) is 60.9. The van der Waals surface area contributed by atoms with Gasteiger partial charge in [0.2, 0.25) is 5.91 Å².